The minimum Gasteiger partial charge on any atom is -0.358 e. The molecule has 1 atom stereocenters. The van der Waals surface area contributed by atoms with E-state index in [4.69, 9.17) is 0 Å². The molecule has 0 aromatic heterocycles. The number of hydrogen-bond acceptors (Lipinski definition) is 3. The normalized spacial score (nSPS) is 25.8. The molecule has 4 nitrogen and oxygen atoms in total. The molecule has 1 unspecified atom stereocenters. The molecular weight excluding hydrogens is 202 g/mol. The Morgan fingerprint density at radius 2 is 2.19 bits per heavy atom. The molecule has 2 fully saturated rings. The van der Waals surface area contributed by atoms with Gasteiger partial charge in [-0.2, -0.15) is 0 Å². The van der Waals surface area contributed by atoms with Crippen LogP contribution in [0.4, 0.5) is 0 Å². The van der Waals surface area contributed by atoms with E-state index in [1.54, 1.807) is 7.05 Å². The zero-order valence-corrected chi connectivity index (χ0v) is 10.2. The van der Waals surface area contributed by atoms with E-state index in [-0.39, 0.29) is 5.91 Å². The maximum absolute atomic E-state index is 11.4. The van der Waals surface area contributed by atoms with Gasteiger partial charge in [-0.25, -0.2) is 0 Å². The lowest BCUT2D eigenvalue weighted by atomic mass is 10.0. The van der Waals surface area contributed by atoms with Crippen LogP contribution in [0.2, 0.25) is 0 Å². The number of likely N-dealkylation sites (N-methyl/N-ethyl adjacent to an activating group) is 1. The third-order valence-corrected chi connectivity index (χ3v) is 3.56. The Hall–Kier alpha value is -0.610. The monoisotopic (exact) mass is 225 g/mol. The topological polar surface area (TPSA) is 44.4 Å². The minimum absolute atomic E-state index is 0.141. The van der Waals surface area contributed by atoms with Crippen molar-refractivity contribution in [2.24, 2.45) is 0 Å². The van der Waals surface area contributed by atoms with Gasteiger partial charge in [0.1, 0.15) is 0 Å². The van der Waals surface area contributed by atoms with Crippen LogP contribution in [0.1, 0.15) is 32.1 Å². The van der Waals surface area contributed by atoms with Crippen molar-refractivity contribution >= 4 is 5.91 Å². The van der Waals surface area contributed by atoms with Crippen LogP contribution in [-0.4, -0.2) is 49.6 Å². The Kier molecular flexibility index (Phi) is 4.18. The Morgan fingerprint density at radius 1 is 1.38 bits per heavy atom. The van der Waals surface area contributed by atoms with Gasteiger partial charge in [0.15, 0.2) is 0 Å². The van der Waals surface area contributed by atoms with Crippen molar-refractivity contribution in [1.82, 2.24) is 15.5 Å². The van der Waals surface area contributed by atoms with Crippen LogP contribution in [0.3, 0.4) is 0 Å². The molecule has 0 radical (unpaired) electrons. The van der Waals surface area contributed by atoms with Crippen molar-refractivity contribution < 1.29 is 4.79 Å². The molecule has 1 saturated carbocycles. The van der Waals surface area contributed by atoms with E-state index in [1.807, 2.05) is 0 Å². The number of rotatable bonds is 5. The van der Waals surface area contributed by atoms with E-state index in [0.29, 0.717) is 18.6 Å². The Labute approximate surface area is 97.8 Å². The zero-order chi connectivity index (χ0) is 11.4. The van der Waals surface area contributed by atoms with E-state index in [0.717, 1.165) is 13.1 Å². The summed E-state index contributed by atoms with van der Waals surface area (Å²) in [4.78, 5) is 13.8. The molecular formula is C12H23N3O. The largest absolute Gasteiger partial charge is 0.358 e. The van der Waals surface area contributed by atoms with Crippen LogP contribution in [0.5, 0.6) is 0 Å². The van der Waals surface area contributed by atoms with Gasteiger partial charge in [-0.1, -0.05) is 6.42 Å². The van der Waals surface area contributed by atoms with Crippen molar-refractivity contribution in [2.75, 3.05) is 26.7 Å². The van der Waals surface area contributed by atoms with E-state index in [9.17, 15) is 4.79 Å². The summed E-state index contributed by atoms with van der Waals surface area (Å²) in [5, 5.41) is 6.26. The standard InChI is InChI=1S/C12H23N3O/c1-13-12(16)9-15(11-5-6-11)8-10-4-2-3-7-14-10/h10-11,14H,2-9H2,1H3,(H,13,16). The summed E-state index contributed by atoms with van der Waals surface area (Å²) >= 11 is 0. The number of carbonyl (C=O) groups is 1. The lowest BCUT2D eigenvalue weighted by Gasteiger charge is -2.30. The first kappa shape index (κ1) is 11.9. The lowest BCUT2D eigenvalue weighted by molar-refractivity contribution is -0.122. The van der Waals surface area contributed by atoms with Crippen molar-refractivity contribution in [3.8, 4) is 0 Å². The second-order valence-corrected chi connectivity index (χ2v) is 4.98. The Balaban J connectivity index is 1.79. The van der Waals surface area contributed by atoms with Gasteiger partial charge in [0.2, 0.25) is 5.91 Å². The van der Waals surface area contributed by atoms with Gasteiger partial charge in [-0.05, 0) is 32.2 Å². The van der Waals surface area contributed by atoms with E-state index in [2.05, 4.69) is 15.5 Å². The van der Waals surface area contributed by atoms with Crippen molar-refractivity contribution in [1.29, 1.82) is 0 Å². The summed E-state index contributed by atoms with van der Waals surface area (Å²) in [5.41, 5.74) is 0. The molecule has 1 amide bonds. The second kappa shape index (κ2) is 5.64. The Bertz CT molecular complexity index is 234. The number of nitrogens with zero attached hydrogens (tertiary/aromatic N) is 1. The van der Waals surface area contributed by atoms with Crippen LogP contribution in [-0.2, 0) is 4.79 Å². The van der Waals surface area contributed by atoms with Gasteiger partial charge in [-0.3, -0.25) is 9.69 Å². The molecule has 0 aromatic carbocycles. The molecule has 1 aliphatic carbocycles. The fourth-order valence-electron chi connectivity index (χ4n) is 2.41. The molecule has 0 aromatic rings. The highest BCUT2D eigenvalue weighted by Gasteiger charge is 2.31. The summed E-state index contributed by atoms with van der Waals surface area (Å²) in [6, 6.07) is 1.26. The number of nitrogens with one attached hydrogen (secondary N) is 2. The molecule has 1 heterocycles. The summed E-state index contributed by atoms with van der Waals surface area (Å²) in [6.07, 6.45) is 6.43. The molecule has 16 heavy (non-hydrogen) atoms. The minimum atomic E-state index is 0.141. The molecule has 0 spiro atoms. The molecule has 92 valence electrons. The molecule has 4 heteroatoms. The molecule has 2 aliphatic rings. The second-order valence-electron chi connectivity index (χ2n) is 4.98. The highest BCUT2D eigenvalue weighted by molar-refractivity contribution is 5.77. The van der Waals surface area contributed by atoms with Gasteiger partial charge in [0.05, 0.1) is 6.54 Å². The highest BCUT2D eigenvalue weighted by Crippen LogP contribution is 2.27. The first-order chi connectivity index (χ1) is 7.79. The van der Waals surface area contributed by atoms with Crippen molar-refractivity contribution in [3.05, 3.63) is 0 Å². The van der Waals surface area contributed by atoms with Crippen LogP contribution < -0.4 is 10.6 Å². The first-order valence-electron chi connectivity index (χ1n) is 6.47. The number of piperidine rings is 1. The summed E-state index contributed by atoms with van der Waals surface area (Å²) in [5.74, 6) is 0.141. The summed E-state index contributed by atoms with van der Waals surface area (Å²) < 4.78 is 0. The van der Waals surface area contributed by atoms with Gasteiger partial charge in [-0.15, -0.1) is 0 Å². The van der Waals surface area contributed by atoms with Gasteiger partial charge < -0.3 is 10.6 Å². The number of amides is 1. The van der Waals surface area contributed by atoms with Crippen molar-refractivity contribution in [3.63, 3.8) is 0 Å². The number of carbonyl (C=O) groups excluding carboxylic acids is 1. The fraction of sp³-hybridized carbons (Fsp3) is 0.917. The third kappa shape index (κ3) is 3.46. The third-order valence-electron chi connectivity index (χ3n) is 3.56. The Morgan fingerprint density at radius 3 is 2.75 bits per heavy atom. The van der Waals surface area contributed by atoms with E-state index < -0.39 is 0 Å². The average molecular weight is 225 g/mol. The van der Waals surface area contributed by atoms with Crippen molar-refractivity contribution in [2.45, 2.75) is 44.2 Å². The van der Waals surface area contributed by atoms with Gasteiger partial charge in [0.25, 0.3) is 0 Å². The average Bonchev–Trinajstić information content (AvgIpc) is 3.13. The van der Waals surface area contributed by atoms with Crippen LogP contribution in [0.15, 0.2) is 0 Å². The quantitative estimate of drug-likeness (QED) is 0.709. The van der Waals surface area contributed by atoms with E-state index >= 15 is 0 Å². The van der Waals surface area contributed by atoms with E-state index in [1.165, 1.54) is 32.1 Å². The maximum Gasteiger partial charge on any atom is 0.233 e. The van der Waals surface area contributed by atoms with Crippen LogP contribution in [0.25, 0.3) is 0 Å². The zero-order valence-electron chi connectivity index (χ0n) is 10.2. The predicted octanol–water partition coefficient (Wildman–Crippen LogP) is 0.339. The predicted molar refractivity (Wildman–Crippen MR) is 64.3 cm³/mol. The maximum atomic E-state index is 11.4. The summed E-state index contributed by atoms with van der Waals surface area (Å²) in [7, 11) is 1.71. The molecule has 2 rings (SSSR count). The molecule has 1 aliphatic heterocycles. The SMILES string of the molecule is CNC(=O)CN(CC1CCCCN1)C1CC1. The highest BCUT2D eigenvalue weighted by atomic mass is 16.1. The van der Waals surface area contributed by atoms with Crippen LogP contribution >= 0.6 is 0 Å². The smallest absolute Gasteiger partial charge is 0.233 e. The van der Waals surface area contributed by atoms with Gasteiger partial charge >= 0.3 is 0 Å². The molecule has 1 saturated heterocycles. The lowest BCUT2D eigenvalue weighted by Crippen LogP contribution is -2.47. The van der Waals surface area contributed by atoms with Crippen LogP contribution in [0, 0.1) is 0 Å². The first-order valence-corrected chi connectivity index (χ1v) is 6.47. The fourth-order valence-corrected chi connectivity index (χ4v) is 2.41. The summed E-state index contributed by atoms with van der Waals surface area (Å²) in [6.45, 7) is 2.75. The molecule has 0 bridgehead atoms. The van der Waals surface area contributed by atoms with Gasteiger partial charge in [0, 0.05) is 25.7 Å². The number of hydrogen-bond donors (Lipinski definition) is 2. The molecule has 2 N–H and O–H groups in total.